The van der Waals surface area contributed by atoms with Crippen molar-refractivity contribution >= 4 is 11.3 Å². The third-order valence-corrected chi connectivity index (χ3v) is 5.52. The number of para-hydroxylation sites is 1. The largest absolute Gasteiger partial charge is 0.231 e. The number of benzene rings is 2. The Morgan fingerprint density at radius 1 is 0.826 bits per heavy atom. The van der Waals surface area contributed by atoms with Gasteiger partial charge in [0.05, 0.1) is 10.4 Å². The second kappa shape index (κ2) is 7.10. The van der Waals surface area contributed by atoms with E-state index in [0.717, 1.165) is 19.3 Å². The summed E-state index contributed by atoms with van der Waals surface area (Å²) in [4.78, 5) is 1.50. The average Bonchev–Trinajstić information content (AvgIpc) is 3.04. The van der Waals surface area contributed by atoms with Gasteiger partial charge in [0.1, 0.15) is 0 Å². The number of hydrogen-bond acceptors (Lipinski definition) is 1. The van der Waals surface area contributed by atoms with Gasteiger partial charge in [-0.15, -0.1) is 0 Å². The standard InChI is InChI=1S/C21H24NS/c1-4-16-13-10-14-18(17-11-8-7-9-12-17)21(16)22-15-23-20(6-3)19(22)5-2/h7-15H,4-6H2,1-3H3/q+1. The summed E-state index contributed by atoms with van der Waals surface area (Å²) in [6.07, 6.45) is 3.22. The van der Waals surface area contributed by atoms with Gasteiger partial charge in [0, 0.05) is 12.0 Å². The van der Waals surface area contributed by atoms with E-state index in [-0.39, 0.29) is 0 Å². The van der Waals surface area contributed by atoms with Crippen molar-refractivity contribution in [3.8, 4) is 16.8 Å². The van der Waals surface area contributed by atoms with Crippen LogP contribution in [0, 0.1) is 0 Å². The number of thiazole rings is 1. The maximum Gasteiger partial charge on any atom is 0.231 e. The zero-order chi connectivity index (χ0) is 16.2. The molecule has 0 saturated heterocycles. The molecule has 0 atom stereocenters. The predicted molar refractivity (Wildman–Crippen MR) is 99.4 cm³/mol. The van der Waals surface area contributed by atoms with Crippen molar-refractivity contribution in [2.45, 2.75) is 40.0 Å². The predicted octanol–water partition coefficient (Wildman–Crippen LogP) is 5.38. The van der Waals surface area contributed by atoms with Gasteiger partial charge in [-0.3, -0.25) is 0 Å². The molecular weight excluding hydrogens is 298 g/mol. The highest BCUT2D eigenvalue weighted by atomic mass is 32.1. The minimum Gasteiger partial charge on any atom is -0.153 e. The number of aromatic nitrogens is 1. The van der Waals surface area contributed by atoms with E-state index >= 15 is 0 Å². The smallest absolute Gasteiger partial charge is 0.153 e. The average molecular weight is 322 g/mol. The fourth-order valence-corrected chi connectivity index (χ4v) is 4.25. The highest BCUT2D eigenvalue weighted by Crippen LogP contribution is 2.28. The van der Waals surface area contributed by atoms with Crippen molar-refractivity contribution in [1.82, 2.24) is 0 Å². The Morgan fingerprint density at radius 2 is 1.61 bits per heavy atom. The lowest BCUT2D eigenvalue weighted by Gasteiger charge is -2.10. The molecule has 0 fully saturated rings. The van der Waals surface area contributed by atoms with Crippen molar-refractivity contribution in [1.29, 1.82) is 0 Å². The van der Waals surface area contributed by atoms with Gasteiger partial charge in [-0.1, -0.05) is 74.6 Å². The zero-order valence-corrected chi connectivity index (χ0v) is 15.0. The van der Waals surface area contributed by atoms with Crippen LogP contribution in [0.3, 0.4) is 0 Å². The SMILES string of the molecule is CCc1cccc(-c2ccccc2)c1-[n+]1csc(CC)c1CC. The Balaban J connectivity index is 2.28. The minimum atomic E-state index is 1.05. The molecule has 3 aromatic rings. The van der Waals surface area contributed by atoms with E-state index in [9.17, 15) is 0 Å². The Morgan fingerprint density at radius 3 is 2.26 bits per heavy atom. The van der Waals surface area contributed by atoms with Crippen LogP contribution in [0.5, 0.6) is 0 Å². The summed E-state index contributed by atoms with van der Waals surface area (Å²) in [6, 6.07) is 17.4. The number of hydrogen-bond donors (Lipinski definition) is 0. The van der Waals surface area contributed by atoms with Crippen molar-refractivity contribution in [3.05, 3.63) is 70.2 Å². The molecule has 0 spiro atoms. The fraction of sp³-hybridized carbons (Fsp3) is 0.286. The Hall–Kier alpha value is -1.93. The van der Waals surface area contributed by atoms with Gasteiger partial charge in [0.2, 0.25) is 16.9 Å². The van der Waals surface area contributed by atoms with Crippen LogP contribution in [-0.4, -0.2) is 0 Å². The summed E-state index contributed by atoms with van der Waals surface area (Å²) >= 11 is 1.88. The lowest BCUT2D eigenvalue weighted by Crippen LogP contribution is -2.35. The molecule has 1 aromatic heterocycles. The van der Waals surface area contributed by atoms with Crippen LogP contribution in [0.25, 0.3) is 16.8 Å². The molecule has 23 heavy (non-hydrogen) atoms. The Labute approximate surface area is 143 Å². The monoisotopic (exact) mass is 322 g/mol. The first-order chi connectivity index (χ1) is 11.3. The topological polar surface area (TPSA) is 3.88 Å². The van der Waals surface area contributed by atoms with Gasteiger partial charge >= 0.3 is 0 Å². The van der Waals surface area contributed by atoms with Gasteiger partial charge in [-0.05, 0) is 24.5 Å². The molecule has 0 aliphatic heterocycles. The van der Waals surface area contributed by atoms with Crippen LogP contribution in [0.4, 0.5) is 0 Å². The van der Waals surface area contributed by atoms with Crippen LogP contribution in [0.1, 0.15) is 36.9 Å². The third-order valence-electron chi connectivity index (χ3n) is 4.40. The second-order valence-electron chi connectivity index (χ2n) is 5.70. The zero-order valence-electron chi connectivity index (χ0n) is 14.2. The van der Waals surface area contributed by atoms with Gasteiger partial charge in [-0.2, -0.15) is 4.57 Å². The van der Waals surface area contributed by atoms with Crippen molar-refractivity contribution < 1.29 is 4.57 Å². The second-order valence-corrected chi connectivity index (χ2v) is 6.64. The molecular formula is C21H24NS+. The summed E-state index contributed by atoms with van der Waals surface area (Å²) in [6.45, 7) is 6.75. The summed E-state index contributed by atoms with van der Waals surface area (Å²) in [7, 11) is 0. The first-order valence-corrected chi connectivity index (χ1v) is 9.36. The normalized spacial score (nSPS) is 10.9. The minimum absolute atomic E-state index is 1.05. The molecule has 0 N–H and O–H groups in total. The maximum atomic E-state index is 2.44. The fourth-order valence-electron chi connectivity index (χ4n) is 3.24. The van der Waals surface area contributed by atoms with Crippen molar-refractivity contribution in [2.24, 2.45) is 0 Å². The lowest BCUT2D eigenvalue weighted by atomic mass is 9.98. The highest BCUT2D eigenvalue weighted by molar-refractivity contribution is 7.09. The van der Waals surface area contributed by atoms with Gasteiger partial charge in [0.25, 0.3) is 0 Å². The Kier molecular flexibility index (Phi) is 4.92. The molecule has 0 unspecified atom stereocenters. The molecule has 0 aliphatic carbocycles. The molecule has 0 radical (unpaired) electrons. The molecule has 118 valence electrons. The van der Waals surface area contributed by atoms with E-state index in [1.807, 2.05) is 11.3 Å². The number of aryl methyl sites for hydroxylation is 2. The first kappa shape index (κ1) is 15.9. The van der Waals surface area contributed by atoms with Gasteiger partial charge in [0.15, 0.2) is 0 Å². The highest BCUT2D eigenvalue weighted by Gasteiger charge is 2.25. The summed E-state index contributed by atoms with van der Waals surface area (Å²) in [5, 5.41) is 0. The number of rotatable bonds is 5. The molecule has 0 amide bonds. The molecule has 2 aromatic carbocycles. The van der Waals surface area contributed by atoms with Crippen LogP contribution in [0.15, 0.2) is 54.0 Å². The van der Waals surface area contributed by atoms with Gasteiger partial charge < -0.3 is 0 Å². The summed E-state index contributed by atoms with van der Waals surface area (Å²) in [5.74, 6) is 0. The van der Waals surface area contributed by atoms with E-state index in [4.69, 9.17) is 0 Å². The Bertz CT molecular complexity index is 787. The van der Waals surface area contributed by atoms with Crippen molar-refractivity contribution in [2.75, 3.05) is 0 Å². The molecule has 0 bridgehead atoms. The number of nitrogens with zero attached hydrogens (tertiary/aromatic N) is 1. The third kappa shape index (κ3) is 2.96. The van der Waals surface area contributed by atoms with Crippen LogP contribution in [0.2, 0.25) is 0 Å². The van der Waals surface area contributed by atoms with Crippen LogP contribution in [-0.2, 0) is 19.3 Å². The molecule has 0 aliphatic rings. The lowest BCUT2D eigenvalue weighted by molar-refractivity contribution is -0.598. The van der Waals surface area contributed by atoms with E-state index in [2.05, 4.69) is 79.4 Å². The quantitative estimate of drug-likeness (QED) is 0.555. The maximum absolute atomic E-state index is 2.44. The first-order valence-electron chi connectivity index (χ1n) is 8.48. The molecule has 2 heteroatoms. The van der Waals surface area contributed by atoms with Crippen molar-refractivity contribution in [3.63, 3.8) is 0 Å². The van der Waals surface area contributed by atoms with Gasteiger partial charge in [-0.25, -0.2) is 0 Å². The van der Waals surface area contributed by atoms with Crippen LogP contribution >= 0.6 is 11.3 Å². The van der Waals surface area contributed by atoms with E-state index in [1.54, 1.807) is 0 Å². The molecule has 0 saturated carbocycles. The van der Waals surface area contributed by atoms with Crippen LogP contribution < -0.4 is 4.57 Å². The summed E-state index contributed by atoms with van der Waals surface area (Å²) < 4.78 is 2.44. The van der Waals surface area contributed by atoms with E-state index in [1.165, 1.54) is 32.9 Å². The van der Waals surface area contributed by atoms with E-state index < -0.39 is 0 Å². The molecule has 1 nitrogen and oxygen atoms in total. The molecule has 3 rings (SSSR count). The molecule has 1 heterocycles. The summed E-state index contributed by atoms with van der Waals surface area (Å²) in [5.41, 5.74) is 9.12. The van der Waals surface area contributed by atoms with E-state index in [0.29, 0.717) is 0 Å².